The molecule has 1 unspecified atom stereocenters. The van der Waals surface area contributed by atoms with E-state index in [0.29, 0.717) is 12.0 Å². The molecule has 0 saturated heterocycles. The third-order valence-electron chi connectivity index (χ3n) is 2.28. The molecule has 0 saturated carbocycles. The first kappa shape index (κ1) is 8.62. The minimum Gasteiger partial charge on any atom is -0.329 e. The first-order chi connectivity index (χ1) is 4.97. The summed E-state index contributed by atoms with van der Waals surface area (Å²) in [5.74, 6) is 6.41. The third-order valence-corrected chi connectivity index (χ3v) is 2.28. The van der Waals surface area contributed by atoms with Crippen molar-refractivity contribution in [3.8, 4) is 11.8 Å². The minimum atomic E-state index is 0.0712. The van der Waals surface area contributed by atoms with Crippen molar-refractivity contribution in [2.45, 2.75) is 33.6 Å². The lowest BCUT2D eigenvalue weighted by Gasteiger charge is -2.35. The molecule has 0 spiro atoms. The van der Waals surface area contributed by atoms with Crippen molar-refractivity contribution >= 4 is 0 Å². The Morgan fingerprint density at radius 3 is 2.36 bits per heavy atom. The molecular formula is C10H17N. The molecule has 1 aliphatic rings. The Labute approximate surface area is 69.4 Å². The fourth-order valence-electron chi connectivity index (χ4n) is 1.78. The molecule has 1 heteroatoms. The quantitative estimate of drug-likeness (QED) is 0.568. The largest absolute Gasteiger partial charge is 0.329 e. The van der Waals surface area contributed by atoms with E-state index in [9.17, 15) is 0 Å². The van der Waals surface area contributed by atoms with Crippen LogP contribution in [0.3, 0.4) is 0 Å². The summed E-state index contributed by atoms with van der Waals surface area (Å²) in [6, 6.07) is 0. The zero-order chi connectivity index (χ0) is 8.54. The number of rotatable bonds is 1. The standard InChI is InChI=1S/C10H17N/c1-9(2)5-4-6-10(3,7-9)8-11/h5,7-8,11H2,1-3H3. The summed E-state index contributed by atoms with van der Waals surface area (Å²) in [6.07, 6.45) is 2.14. The summed E-state index contributed by atoms with van der Waals surface area (Å²) in [7, 11) is 0. The molecule has 62 valence electrons. The number of hydrogen-bond donors (Lipinski definition) is 1. The van der Waals surface area contributed by atoms with Crippen LogP contribution in [0.2, 0.25) is 0 Å². The van der Waals surface area contributed by atoms with Gasteiger partial charge in [-0.25, -0.2) is 0 Å². The molecule has 0 bridgehead atoms. The molecule has 1 nitrogen and oxygen atoms in total. The summed E-state index contributed by atoms with van der Waals surface area (Å²) in [5.41, 5.74) is 6.09. The van der Waals surface area contributed by atoms with Crippen LogP contribution in [-0.4, -0.2) is 6.54 Å². The van der Waals surface area contributed by atoms with E-state index in [2.05, 4.69) is 32.6 Å². The first-order valence-electron chi connectivity index (χ1n) is 4.18. The van der Waals surface area contributed by atoms with Gasteiger partial charge in [-0.1, -0.05) is 19.8 Å². The maximum Gasteiger partial charge on any atom is 0.0414 e. The maximum atomic E-state index is 5.66. The van der Waals surface area contributed by atoms with Gasteiger partial charge in [0.2, 0.25) is 0 Å². The molecule has 0 aromatic heterocycles. The van der Waals surface area contributed by atoms with Crippen LogP contribution in [0.15, 0.2) is 0 Å². The van der Waals surface area contributed by atoms with Crippen molar-refractivity contribution in [3.63, 3.8) is 0 Å². The van der Waals surface area contributed by atoms with E-state index in [-0.39, 0.29) is 5.41 Å². The van der Waals surface area contributed by atoms with E-state index in [0.717, 1.165) is 12.8 Å². The Morgan fingerprint density at radius 2 is 2.00 bits per heavy atom. The van der Waals surface area contributed by atoms with E-state index in [1.807, 2.05) is 0 Å². The summed E-state index contributed by atoms with van der Waals surface area (Å²) in [4.78, 5) is 0. The zero-order valence-electron chi connectivity index (χ0n) is 7.70. The minimum absolute atomic E-state index is 0.0712. The normalized spacial score (nSPS) is 34.2. The molecule has 0 heterocycles. The predicted molar refractivity (Wildman–Crippen MR) is 48.0 cm³/mol. The summed E-state index contributed by atoms with van der Waals surface area (Å²) in [5, 5.41) is 0. The molecule has 11 heavy (non-hydrogen) atoms. The van der Waals surface area contributed by atoms with Gasteiger partial charge in [-0.2, -0.15) is 0 Å². The van der Waals surface area contributed by atoms with Crippen LogP contribution >= 0.6 is 0 Å². The van der Waals surface area contributed by atoms with Crippen molar-refractivity contribution in [2.24, 2.45) is 16.6 Å². The van der Waals surface area contributed by atoms with Crippen molar-refractivity contribution in [1.82, 2.24) is 0 Å². The van der Waals surface area contributed by atoms with Crippen LogP contribution in [0.25, 0.3) is 0 Å². The van der Waals surface area contributed by atoms with Gasteiger partial charge in [0.1, 0.15) is 0 Å². The Kier molecular flexibility index (Phi) is 1.98. The molecule has 2 N–H and O–H groups in total. The Morgan fingerprint density at radius 1 is 1.36 bits per heavy atom. The number of hydrogen-bond acceptors (Lipinski definition) is 1. The van der Waals surface area contributed by atoms with Crippen molar-refractivity contribution in [1.29, 1.82) is 0 Å². The van der Waals surface area contributed by atoms with Crippen LogP contribution in [-0.2, 0) is 0 Å². The van der Waals surface area contributed by atoms with Gasteiger partial charge in [0.05, 0.1) is 0 Å². The highest BCUT2D eigenvalue weighted by molar-refractivity contribution is 5.17. The fourth-order valence-corrected chi connectivity index (χ4v) is 1.78. The fraction of sp³-hybridized carbons (Fsp3) is 0.800. The molecular weight excluding hydrogens is 134 g/mol. The number of nitrogens with two attached hydrogens (primary N) is 1. The average molecular weight is 151 g/mol. The zero-order valence-corrected chi connectivity index (χ0v) is 7.70. The molecule has 1 aliphatic carbocycles. The van der Waals surface area contributed by atoms with Crippen molar-refractivity contribution < 1.29 is 0 Å². The maximum absolute atomic E-state index is 5.66. The van der Waals surface area contributed by atoms with Gasteiger partial charge in [0.15, 0.2) is 0 Å². The van der Waals surface area contributed by atoms with Gasteiger partial charge in [-0.05, 0) is 18.8 Å². The van der Waals surface area contributed by atoms with Crippen LogP contribution in [0, 0.1) is 22.7 Å². The Bertz CT molecular complexity index is 207. The van der Waals surface area contributed by atoms with Gasteiger partial charge in [0, 0.05) is 18.4 Å². The van der Waals surface area contributed by atoms with E-state index in [1.54, 1.807) is 0 Å². The molecule has 0 fully saturated rings. The smallest absolute Gasteiger partial charge is 0.0414 e. The monoisotopic (exact) mass is 151 g/mol. The predicted octanol–water partition coefficient (Wildman–Crippen LogP) is 1.77. The van der Waals surface area contributed by atoms with E-state index in [1.165, 1.54) is 0 Å². The van der Waals surface area contributed by atoms with Crippen LogP contribution < -0.4 is 5.73 Å². The van der Waals surface area contributed by atoms with Crippen LogP contribution in [0.1, 0.15) is 33.6 Å². The van der Waals surface area contributed by atoms with E-state index < -0.39 is 0 Å². The topological polar surface area (TPSA) is 26.0 Å². The van der Waals surface area contributed by atoms with Gasteiger partial charge in [-0.3, -0.25) is 0 Å². The lowest BCUT2D eigenvalue weighted by Crippen LogP contribution is -2.33. The second kappa shape index (κ2) is 2.53. The molecule has 1 atom stereocenters. The van der Waals surface area contributed by atoms with Gasteiger partial charge >= 0.3 is 0 Å². The SMILES string of the molecule is CC1(C)CC#CC(C)(CN)C1. The summed E-state index contributed by atoms with van der Waals surface area (Å²) in [6.45, 7) is 7.35. The highest BCUT2D eigenvalue weighted by Gasteiger charge is 2.32. The molecule has 0 aromatic rings. The summed E-state index contributed by atoms with van der Waals surface area (Å²) < 4.78 is 0. The Balaban J connectivity index is 2.79. The van der Waals surface area contributed by atoms with Crippen molar-refractivity contribution in [3.05, 3.63) is 0 Å². The van der Waals surface area contributed by atoms with Crippen LogP contribution in [0.4, 0.5) is 0 Å². The van der Waals surface area contributed by atoms with Gasteiger partial charge in [0.25, 0.3) is 0 Å². The molecule has 0 radical (unpaired) electrons. The van der Waals surface area contributed by atoms with Crippen molar-refractivity contribution in [2.75, 3.05) is 6.54 Å². The van der Waals surface area contributed by atoms with Gasteiger partial charge in [-0.15, -0.1) is 5.92 Å². The molecule has 0 aromatic carbocycles. The third kappa shape index (κ3) is 1.97. The van der Waals surface area contributed by atoms with Gasteiger partial charge < -0.3 is 5.73 Å². The lowest BCUT2D eigenvalue weighted by atomic mass is 9.70. The second-order valence-corrected chi connectivity index (χ2v) is 4.58. The van der Waals surface area contributed by atoms with Crippen LogP contribution in [0.5, 0.6) is 0 Å². The first-order valence-corrected chi connectivity index (χ1v) is 4.18. The highest BCUT2D eigenvalue weighted by Crippen LogP contribution is 2.37. The molecule has 0 amide bonds. The van der Waals surface area contributed by atoms with E-state index >= 15 is 0 Å². The Hall–Kier alpha value is -0.480. The second-order valence-electron chi connectivity index (χ2n) is 4.58. The molecule has 0 aliphatic heterocycles. The average Bonchev–Trinajstić information content (AvgIpc) is 1.85. The highest BCUT2D eigenvalue weighted by atomic mass is 14.6. The lowest BCUT2D eigenvalue weighted by molar-refractivity contribution is 0.229. The summed E-state index contributed by atoms with van der Waals surface area (Å²) >= 11 is 0. The molecule has 1 rings (SSSR count). The van der Waals surface area contributed by atoms with E-state index in [4.69, 9.17) is 5.73 Å².